The number of hydrogen-bond acceptors (Lipinski definition) is 5. The van der Waals surface area contributed by atoms with Gasteiger partial charge in [-0.3, -0.25) is 14.7 Å². The number of hydrogen-bond donors (Lipinski definition) is 2. The number of carboxylic acids is 1. The Labute approximate surface area is 115 Å². The number of aliphatic carboxylic acids is 1. The molecule has 2 unspecified atom stereocenters. The second-order valence-corrected chi connectivity index (χ2v) is 7.11. The molecule has 0 aliphatic heterocycles. The number of carbonyl (C=O) groups is 1. The minimum atomic E-state index is -3.32. The average Bonchev–Trinajstić information content (AvgIpc) is 2.27. The lowest BCUT2D eigenvalue weighted by Gasteiger charge is -2.27. The van der Waals surface area contributed by atoms with Gasteiger partial charge in [0.15, 0.2) is 0 Å². The lowest BCUT2D eigenvalue weighted by atomic mass is 10.0. The van der Waals surface area contributed by atoms with Gasteiger partial charge in [-0.05, 0) is 33.1 Å². The number of carboxylic acid groups (broad SMARTS) is 1. The highest BCUT2D eigenvalue weighted by molar-refractivity contribution is 7.54. The second-order valence-electron chi connectivity index (χ2n) is 4.74. The molecule has 0 aromatic heterocycles. The van der Waals surface area contributed by atoms with Gasteiger partial charge in [0.1, 0.15) is 11.8 Å². The molecule has 2 N–H and O–H groups in total. The van der Waals surface area contributed by atoms with Crippen LogP contribution in [0.3, 0.4) is 0 Å². The molecule has 19 heavy (non-hydrogen) atoms. The van der Waals surface area contributed by atoms with Gasteiger partial charge >= 0.3 is 13.6 Å². The van der Waals surface area contributed by atoms with Crippen molar-refractivity contribution in [1.29, 1.82) is 0 Å². The van der Waals surface area contributed by atoms with Crippen LogP contribution in [0.1, 0.15) is 41.0 Å². The van der Waals surface area contributed by atoms with E-state index in [0.717, 1.165) is 0 Å². The molecule has 0 heterocycles. The molecule has 0 amide bonds. The molecule has 6 nitrogen and oxygen atoms in total. The standard InChI is InChI=1S/C12H26NO5P/c1-6-17-19(16,18-7-2)10(5)13-11(12(14)15)8-9(3)4/h9-11,13H,6-8H2,1-5H3,(H,14,15). The maximum atomic E-state index is 12.5. The molecule has 0 radical (unpaired) electrons. The first kappa shape index (κ1) is 18.6. The fourth-order valence-electron chi connectivity index (χ4n) is 1.71. The molecule has 7 heteroatoms. The Bertz CT molecular complexity index is 311. The van der Waals surface area contributed by atoms with E-state index in [2.05, 4.69) is 5.32 Å². The van der Waals surface area contributed by atoms with Crippen molar-refractivity contribution in [1.82, 2.24) is 5.32 Å². The maximum absolute atomic E-state index is 12.5. The summed E-state index contributed by atoms with van der Waals surface area (Å²) in [6, 6.07) is -0.760. The van der Waals surface area contributed by atoms with E-state index in [0.29, 0.717) is 6.42 Å². The van der Waals surface area contributed by atoms with Crippen LogP contribution in [-0.2, 0) is 18.4 Å². The Morgan fingerprint density at radius 3 is 2.00 bits per heavy atom. The lowest BCUT2D eigenvalue weighted by molar-refractivity contribution is -0.140. The van der Waals surface area contributed by atoms with Crippen LogP contribution in [0.5, 0.6) is 0 Å². The van der Waals surface area contributed by atoms with Gasteiger partial charge in [0.25, 0.3) is 0 Å². The predicted molar refractivity (Wildman–Crippen MR) is 74.3 cm³/mol. The van der Waals surface area contributed by atoms with Crippen molar-refractivity contribution < 1.29 is 23.5 Å². The molecule has 0 bridgehead atoms. The average molecular weight is 295 g/mol. The largest absolute Gasteiger partial charge is 0.480 e. The van der Waals surface area contributed by atoms with Crippen molar-refractivity contribution in [2.45, 2.75) is 52.9 Å². The van der Waals surface area contributed by atoms with Crippen molar-refractivity contribution >= 4 is 13.6 Å². The smallest absolute Gasteiger partial charge is 0.347 e. The van der Waals surface area contributed by atoms with Gasteiger partial charge in [0.2, 0.25) is 0 Å². The van der Waals surface area contributed by atoms with Crippen molar-refractivity contribution in [3.63, 3.8) is 0 Å². The molecule has 114 valence electrons. The normalized spacial score (nSPS) is 15.5. The van der Waals surface area contributed by atoms with Crippen LogP contribution >= 0.6 is 7.60 Å². The van der Waals surface area contributed by atoms with Gasteiger partial charge < -0.3 is 14.2 Å². The van der Waals surface area contributed by atoms with Crippen molar-refractivity contribution in [2.24, 2.45) is 5.92 Å². The number of rotatable bonds is 10. The van der Waals surface area contributed by atoms with Gasteiger partial charge in [0.05, 0.1) is 13.2 Å². The summed E-state index contributed by atoms with van der Waals surface area (Å²) in [5.74, 6) is -1.40. The highest BCUT2D eigenvalue weighted by Crippen LogP contribution is 2.51. The van der Waals surface area contributed by atoms with Gasteiger partial charge in [-0.15, -0.1) is 0 Å². The van der Waals surface area contributed by atoms with E-state index in [1.54, 1.807) is 20.8 Å². The summed E-state index contributed by atoms with van der Waals surface area (Å²) in [7, 11) is -3.32. The van der Waals surface area contributed by atoms with Crippen LogP contribution < -0.4 is 5.32 Å². The highest BCUT2D eigenvalue weighted by Gasteiger charge is 2.35. The first-order valence-corrected chi connectivity index (χ1v) is 8.25. The van der Waals surface area contributed by atoms with E-state index in [4.69, 9.17) is 14.2 Å². The Morgan fingerprint density at radius 2 is 1.68 bits per heavy atom. The molecule has 0 saturated heterocycles. The third kappa shape index (κ3) is 6.52. The quantitative estimate of drug-likeness (QED) is 0.603. The zero-order chi connectivity index (χ0) is 15.1. The van der Waals surface area contributed by atoms with Gasteiger partial charge in [-0.1, -0.05) is 13.8 Å². The molecule has 2 atom stereocenters. The second kappa shape index (κ2) is 8.69. The third-order valence-electron chi connectivity index (χ3n) is 2.54. The summed E-state index contributed by atoms with van der Waals surface area (Å²) in [5, 5.41) is 12.0. The molecule has 0 aromatic carbocycles. The van der Waals surface area contributed by atoms with Gasteiger partial charge in [-0.2, -0.15) is 0 Å². The highest BCUT2D eigenvalue weighted by atomic mass is 31.2. The molecule has 0 saturated carbocycles. The van der Waals surface area contributed by atoms with E-state index >= 15 is 0 Å². The Morgan fingerprint density at radius 1 is 1.21 bits per heavy atom. The summed E-state index contributed by atoms with van der Waals surface area (Å²) in [5.41, 5.74) is 0. The maximum Gasteiger partial charge on any atom is 0.347 e. The summed E-state index contributed by atoms with van der Waals surface area (Å²) >= 11 is 0. The first-order valence-electron chi connectivity index (χ1n) is 6.64. The van der Waals surface area contributed by atoms with Crippen LogP contribution in [0.4, 0.5) is 0 Å². The van der Waals surface area contributed by atoms with Crippen LogP contribution in [-0.4, -0.2) is 36.1 Å². The molecule has 0 aliphatic rings. The molecule has 0 aliphatic carbocycles. The van der Waals surface area contributed by atoms with E-state index in [1.165, 1.54) is 0 Å². The SMILES string of the molecule is CCOP(=O)(OCC)C(C)NC(CC(C)C)C(=O)O. The summed E-state index contributed by atoms with van der Waals surface area (Å²) in [4.78, 5) is 11.2. The minimum absolute atomic E-state index is 0.222. The number of nitrogens with one attached hydrogen (secondary N) is 1. The molecule has 0 fully saturated rings. The van der Waals surface area contributed by atoms with Crippen LogP contribution in [0.15, 0.2) is 0 Å². The molecular formula is C12H26NO5P. The van der Waals surface area contributed by atoms with E-state index in [9.17, 15) is 9.36 Å². The summed E-state index contributed by atoms with van der Waals surface area (Å²) < 4.78 is 22.8. The van der Waals surface area contributed by atoms with Crippen molar-refractivity contribution in [3.8, 4) is 0 Å². The van der Waals surface area contributed by atoms with Crippen LogP contribution in [0, 0.1) is 5.92 Å². The summed E-state index contributed by atoms with van der Waals surface area (Å²) in [6.07, 6.45) is 0.456. The third-order valence-corrected chi connectivity index (χ3v) is 4.87. The Hall–Kier alpha value is -0.420. The molecule has 0 spiro atoms. The van der Waals surface area contributed by atoms with Crippen LogP contribution in [0.2, 0.25) is 0 Å². The predicted octanol–water partition coefficient (Wildman–Crippen LogP) is 2.69. The zero-order valence-electron chi connectivity index (χ0n) is 12.4. The van der Waals surface area contributed by atoms with Gasteiger partial charge in [-0.25, -0.2) is 0 Å². The molecular weight excluding hydrogens is 269 g/mol. The van der Waals surface area contributed by atoms with E-state index < -0.39 is 25.4 Å². The fourth-order valence-corrected chi connectivity index (χ4v) is 3.32. The van der Waals surface area contributed by atoms with E-state index in [-0.39, 0.29) is 19.1 Å². The topological polar surface area (TPSA) is 84.9 Å². The monoisotopic (exact) mass is 295 g/mol. The van der Waals surface area contributed by atoms with Gasteiger partial charge in [0, 0.05) is 0 Å². The Balaban J connectivity index is 4.80. The summed E-state index contributed by atoms with van der Waals surface area (Å²) in [6.45, 7) is 9.46. The van der Waals surface area contributed by atoms with Crippen molar-refractivity contribution in [2.75, 3.05) is 13.2 Å². The Kier molecular flexibility index (Phi) is 8.50. The van der Waals surface area contributed by atoms with E-state index in [1.807, 2.05) is 13.8 Å². The van der Waals surface area contributed by atoms with Crippen molar-refractivity contribution in [3.05, 3.63) is 0 Å². The zero-order valence-corrected chi connectivity index (χ0v) is 13.3. The van der Waals surface area contributed by atoms with Crippen LogP contribution in [0.25, 0.3) is 0 Å². The lowest BCUT2D eigenvalue weighted by Crippen LogP contribution is -2.43. The first-order chi connectivity index (χ1) is 8.76. The fraction of sp³-hybridized carbons (Fsp3) is 0.917. The minimum Gasteiger partial charge on any atom is -0.480 e. The molecule has 0 aromatic rings. The molecule has 0 rings (SSSR count).